The number of aliphatic hydroxyl groups is 1. The van der Waals surface area contributed by atoms with Crippen LogP contribution in [0.1, 0.15) is 33.1 Å². The molecule has 1 amide bonds. The number of amides is 1. The summed E-state index contributed by atoms with van der Waals surface area (Å²) in [6, 6.07) is 0.233. The van der Waals surface area contributed by atoms with Crippen molar-refractivity contribution >= 4 is 29.4 Å². The molecule has 1 aliphatic carbocycles. The van der Waals surface area contributed by atoms with Crippen LogP contribution in [0, 0.1) is 17.2 Å². The van der Waals surface area contributed by atoms with Crippen LogP contribution < -0.4 is 0 Å². The van der Waals surface area contributed by atoms with Gasteiger partial charge in [0.2, 0.25) is 5.91 Å². The van der Waals surface area contributed by atoms with Crippen LogP contribution in [0.25, 0.3) is 0 Å². The van der Waals surface area contributed by atoms with Crippen LogP contribution in [0.15, 0.2) is 10.6 Å². The number of thioether (sulfide) groups is 1. The van der Waals surface area contributed by atoms with Crippen molar-refractivity contribution < 1.29 is 19.8 Å². The number of carbonyl (C=O) groups is 2. The third-order valence-electron chi connectivity index (χ3n) is 6.26. The summed E-state index contributed by atoms with van der Waals surface area (Å²) < 4.78 is 0. The first-order chi connectivity index (χ1) is 12.3. The number of carboxylic acid groups (broad SMARTS) is 1. The highest BCUT2D eigenvalue weighted by molar-refractivity contribution is 8.03. The second-order valence-corrected chi connectivity index (χ2v) is 9.31. The van der Waals surface area contributed by atoms with E-state index in [0.29, 0.717) is 11.3 Å². The molecule has 5 atom stereocenters. The Kier molecular flexibility index (Phi) is 4.40. The van der Waals surface area contributed by atoms with E-state index in [0.717, 1.165) is 43.0 Å². The van der Waals surface area contributed by atoms with Crippen molar-refractivity contribution in [3.8, 4) is 0 Å². The molecule has 7 nitrogen and oxygen atoms in total. The number of rotatable bonds is 5. The number of likely N-dealkylation sites (tertiary alicyclic amines) is 1. The van der Waals surface area contributed by atoms with Gasteiger partial charge in [-0.1, -0.05) is 6.92 Å². The Morgan fingerprint density at radius 3 is 2.62 bits per heavy atom. The maximum absolute atomic E-state index is 12.3. The van der Waals surface area contributed by atoms with Crippen LogP contribution in [-0.2, 0) is 9.59 Å². The maximum atomic E-state index is 12.3. The summed E-state index contributed by atoms with van der Waals surface area (Å²) in [7, 11) is 0. The van der Waals surface area contributed by atoms with Crippen molar-refractivity contribution in [3.05, 3.63) is 10.6 Å². The van der Waals surface area contributed by atoms with Crippen LogP contribution >= 0.6 is 11.8 Å². The molecule has 1 saturated carbocycles. The highest BCUT2D eigenvalue weighted by atomic mass is 32.2. The SMILES string of the molecule is C[C@@H](O)[C@H]1C(=O)N2C(C(=O)O)=C(SC3CN([C@H]4CCC(=N)C4)C3)[C@H](C)[C@H]12. The van der Waals surface area contributed by atoms with Gasteiger partial charge in [-0.25, -0.2) is 4.79 Å². The monoisotopic (exact) mass is 379 g/mol. The van der Waals surface area contributed by atoms with Gasteiger partial charge in [-0.15, -0.1) is 11.8 Å². The fourth-order valence-electron chi connectivity index (χ4n) is 4.84. The average Bonchev–Trinajstić information content (AvgIpc) is 3.03. The highest BCUT2D eigenvalue weighted by Crippen LogP contribution is 2.52. The first-order valence-electron chi connectivity index (χ1n) is 9.25. The molecule has 4 aliphatic rings. The molecule has 3 aliphatic heterocycles. The summed E-state index contributed by atoms with van der Waals surface area (Å²) in [5.74, 6) is -1.89. The number of hydrogen-bond acceptors (Lipinski definition) is 6. The fraction of sp³-hybridized carbons (Fsp3) is 0.722. The van der Waals surface area contributed by atoms with E-state index < -0.39 is 18.0 Å². The lowest BCUT2D eigenvalue weighted by molar-refractivity contribution is -0.163. The molecule has 0 aromatic heterocycles. The minimum atomic E-state index is -1.06. The smallest absolute Gasteiger partial charge is 0.353 e. The number of carbonyl (C=O) groups excluding carboxylic acids is 1. The number of aliphatic hydroxyl groups excluding tert-OH is 1. The zero-order chi connectivity index (χ0) is 18.7. The summed E-state index contributed by atoms with van der Waals surface area (Å²) in [5, 5.41) is 27.6. The van der Waals surface area contributed by atoms with Crippen LogP contribution in [0.4, 0.5) is 0 Å². The van der Waals surface area contributed by atoms with Gasteiger partial charge in [-0.3, -0.25) is 9.69 Å². The van der Waals surface area contributed by atoms with E-state index in [-0.39, 0.29) is 23.6 Å². The molecule has 0 bridgehead atoms. The Labute approximate surface area is 156 Å². The normalized spacial score (nSPS) is 36.2. The van der Waals surface area contributed by atoms with Crippen LogP contribution in [0.3, 0.4) is 0 Å². The minimum absolute atomic E-state index is 0.0582. The second-order valence-electron chi connectivity index (χ2n) is 7.97. The lowest BCUT2D eigenvalue weighted by Crippen LogP contribution is -2.63. The van der Waals surface area contributed by atoms with Gasteiger partial charge >= 0.3 is 5.97 Å². The molecule has 0 aromatic carbocycles. The van der Waals surface area contributed by atoms with Gasteiger partial charge in [0.1, 0.15) is 5.70 Å². The topological polar surface area (TPSA) is 105 Å². The van der Waals surface area contributed by atoms with Crippen molar-refractivity contribution in [2.75, 3.05) is 13.1 Å². The molecule has 4 rings (SSSR count). The van der Waals surface area contributed by atoms with E-state index in [1.807, 2.05) is 6.92 Å². The number of fused-ring (bicyclic) bond motifs is 1. The Morgan fingerprint density at radius 1 is 1.38 bits per heavy atom. The highest BCUT2D eigenvalue weighted by Gasteiger charge is 2.60. The molecule has 3 heterocycles. The molecular weight excluding hydrogens is 354 g/mol. The van der Waals surface area contributed by atoms with Crippen LogP contribution in [-0.4, -0.2) is 74.1 Å². The third-order valence-corrected chi connectivity index (χ3v) is 7.71. The first-order valence-corrected chi connectivity index (χ1v) is 10.1. The molecule has 0 aromatic rings. The molecule has 2 saturated heterocycles. The average molecular weight is 379 g/mol. The number of hydrogen-bond donors (Lipinski definition) is 3. The van der Waals surface area contributed by atoms with E-state index in [9.17, 15) is 19.8 Å². The quantitative estimate of drug-likeness (QED) is 0.619. The van der Waals surface area contributed by atoms with Gasteiger partial charge in [0.25, 0.3) is 0 Å². The van der Waals surface area contributed by atoms with E-state index in [2.05, 4.69) is 4.90 Å². The first kappa shape index (κ1) is 18.0. The third kappa shape index (κ3) is 2.61. The van der Waals surface area contributed by atoms with Crippen molar-refractivity contribution in [2.24, 2.45) is 11.8 Å². The molecule has 142 valence electrons. The molecule has 0 spiro atoms. The van der Waals surface area contributed by atoms with E-state index in [4.69, 9.17) is 5.41 Å². The minimum Gasteiger partial charge on any atom is -0.477 e. The van der Waals surface area contributed by atoms with Crippen molar-refractivity contribution in [1.29, 1.82) is 5.41 Å². The van der Waals surface area contributed by atoms with E-state index in [1.54, 1.807) is 18.7 Å². The Balaban J connectivity index is 1.45. The number of carboxylic acids is 1. The molecule has 0 radical (unpaired) electrons. The molecule has 3 N–H and O–H groups in total. The summed E-state index contributed by atoms with van der Waals surface area (Å²) in [4.78, 5) is 28.7. The lowest BCUT2D eigenvalue weighted by atomic mass is 9.79. The van der Waals surface area contributed by atoms with Gasteiger partial charge in [0, 0.05) is 47.3 Å². The summed E-state index contributed by atoms with van der Waals surface area (Å²) >= 11 is 1.59. The molecule has 26 heavy (non-hydrogen) atoms. The molecule has 8 heteroatoms. The zero-order valence-corrected chi connectivity index (χ0v) is 15.8. The van der Waals surface area contributed by atoms with Gasteiger partial charge in [0.05, 0.1) is 18.1 Å². The predicted molar refractivity (Wildman–Crippen MR) is 97.9 cm³/mol. The maximum Gasteiger partial charge on any atom is 0.353 e. The second kappa shape index (κ2) is 6.35. The van der Waals surface area contributed by atoms with Gasteiger partial charge < -0.3 is 20.5 Å². The van der Waals surface area contributed by atoms with E-state index in [1.165, 1.54) is 4.90 Å². The summed E-state index contributed by atoms with van der Waals surface area (Å²) in [6.07, 6.45) is 2.04. The summed E-state index contributed by atoms with van der Waals surface area (Å²) in [5.41, 5.74) is 0.953. The molecule has 3 fully saturated rings. The largest absolute Gasteiger partial charge is 0.477 e. The molecule has 0 unspecified atom stereocenters. The summed E-state index contributed by atoms with van der Waals surface area (Å²) in [6.45, 7) is 5.38. The number of aliphatic carboxylic acids is 1. The Hall–Kier alpha value is -1.38. The van der Waals surface area contributed by atoms with Crippen LogP contribution in [0.2, 0.25) is 0 Å². The van der Waals surface area contributed by atoms with Gasteiger partial charge in [0.15, 0.2) is 0 Å². The van der Waals surface area contributed by atoms with Crippen molar-refractivity contribution in [3.63, 3.8) is 0 Å². The predicted octanol–water partition coefficient (Wildman–Crippen LogP) is 1.13. The van der Waals surface area contributed by atoms with Crippen molar-refractivity contribution in [2.45, 2.75) is 56.5 Å². The number of β-lactam (4-membered cyclic amide) rings is 1. The fourth-order valence-corrected chi connectivity index (χ4v) is 6.38. The molecular formula is C18H25N3O4S. The zero-order valence-electron chi connectivity index (χ0n) is 15.0. The Morgan fingerprint density at radius 2 is 2.08 bits per heavy atom. The number of nitrogens with one attached hydrogen (secondary N) is 1. The van der Waals surface area contributed by atoms with Crippen LogP contribution in [0.5, 0.6) is 0 Å². The van der Waals surface area contributed by atoms with Gasteiger partial charge in [-0.05, 0) is 19.8 Å². The number of nitrogens with zero attached hydrogens (tertiary/aromatic N) is 2. The van der Waals surface area contributed by atoms with Crippen molar-refractivity contribution in [1.82, 2.24) is 9.80 Å². The lowest BCUT2D eigenvalue weighted by Gasteiger charge is -2.46. The standard InChI is InChI=1S/C18H25N3O4S/c1-8-14-13(9(2)22)17(23)21(14)15(18(24)25)16(8)26-12-6-20(7-12)11-4-3-10(19)5-11/h8-9,11-14,19,22H,3-7H2,1-2H3,(H,24,25)/t8-,9-,11+,13-,14-/m1/s1. The van der Waals surface area contributed by atoms with Gasteiger partial charge in [-0.2, -0.15) is 0 Å². The Bertz CT molecular complexity index is 701. The van der Waals surface area contributed by atoms with E-state index >= 15 is 0 Å².